The Kier molecular flexibility index (Phi) is 8.22. The van der Waals surface area contributed by atoms with Gasteiger partial charge in [0.15, 0.2) is 0 Å². The third kappa shape index (κ3) is 5.64. The number of hydrogen-bond acceptors (Lipinski definition) is 5. The van der Waals surface area contributed by atoms with Gasteiger partial charge in [0.25, 0.3) is 16.0 Å². The summed E-state index contributed by atoms with van der Waals surface area (Å²) in [6.45, 7) is 4.56. The largest absolute Gasteiger partial charge is 0.454 e. The quantitative estimate of drug-likeness (QED) is 0.177. The zero-order valence-electron chi connectivity index (χ0n) is 34.4. The van der Waals surface area contributed by atoms with Gasteiger partial charge in [0.1, 0.15) is 44.4 Å². The molecule has 0 N–H and O–H groups in total. The van der Waals surface area contributed by atoms with E-state index in [2.05, 4.69) is 196 Å². The molecule has 3 heterocycles. The Bertz CT molecular complexity index is 3510. The van der Waals surface area contributed by atoms with Crippen LogP contribution in [0.3, 0.4) is 0 Å². The van der Waals surface area contributed by atoms with E-state index in [9.17, 15) is 0 Å². The Morgan fingerprint density at radius 3 is 0.984 bits per heavy atom. The van der Waals surface area contributed by atoms with Crippen LogP contribution in [0.15, 0.2) is 199 Å². The van der Waals surface area contributed by atoms with Crippen molar-refractivity contribution in [1.29, 1.82) is 0 Å². The van der Waals surface area contributed by atoms with Crippen molar-refractivity contribution in [2.24, 2.45) is 5.92 Å². The van der Waals surface area contributed by atoms with Gasteiger partial charge in [0.05, 0.1) is 0 Å². The fraction of sp³-hybridized carbons (Fsp3) is 0.0714. The molecular formula is C56H38O5P2. The average molecular weight is 853 g/mol. The van der Waals surface area contributed by atoms with Crippen molar-refractivity contribution in [1.82, 2.24) is 0 Å². The van der Waals surface area contributed by atoms with Gasteiger partial charge >= 0.3 is 0 Å². The molecule has 0 fully saturated rings. The van der Waals surface area contributed by atoms with Crippen LogP contribution in [0.2, 0.25) is 0 Å². The van der Waals surface area contributed by atoms with Crippen molar-refractivity contribution in [3.63, 3.8) is 0 Å². The summed E-state index contributed by atoms with van der Waals surface area (Å²) < 4.78 is 36.0. The summed E-state index contributed by atoms with van der Waals surface area (Å²) in [6.07, 6.45) is 0. The van der Waals surface area contributed by atoms with E-state index in [4.69, 9.17) is 21.5 Å². The van der Waals surface area contributed by atoms with E-state index < -0.39 is 16.0 Å². The van der Waals surface area contributed by atoms with Crippen LogP contribution in [-0.2, 0) is 0 Å². The van der Waals surface area contributed by atoms with Crippen LogP contribution in [0.4, 0.5) is 0 Å². The standard InChI is InChI=1S/C56H38O5P2/c1-33(2)50-42-21-11-23-48(62-58-44-29-25-34-13-3-7-17-38(34)51(44)52-39-18-8-4-14-35(39)26-30-45(52)59-62)55(42)57-56-43(50)22-12-24-49(56)63-60-46-31-27-36-15-5-9-19-40(36)53(46)54-41-20-10-6-16-37(41)28-32-47(54)61-63/h3-33,50H,1-2H3. The number of hydrogen-bond donors (Lipinski definition) is 0. The van der Waals surface area contributed by atoms with Crippen LogP contribution >= 0.6 is 16.0 Å². The first-order valence-corrected chi connectivity index (χ1v) is 23.8. The van der Waals surface area contributed by atoms with E-state index >= 15 is 0 Å². The molecule has 0 amide bonds. The van der Waals surface area contributed by atoms with Crippen molar-refractivity contribution in [3.8, 4) is 22.1 Å². The summed E-state index contributed by atoms with van der Waals surface area (Å²) in [7, 11) is -3.47. The highest BCUT2D eigenvalue weighted by Gasteiger charge is 2.35. The van der Waals surface area contributed by atoms with E-state index in [-0.39, 0.29) is 11.8 Å². The van der Waals surface area contributed by atoms with Gasteiger partial charge in [-0.05, 0) is 85.4 Å². The first kappa shape index (κ1) is 36.5. The Morgan fingerprint density at radius 1 is 0.349 bits per heavy atom. The molecule has 0 bridgehead atoms. The highest BCUT2D eigenvalue weighted by atomic mass is 31.1. The van der Waals surface area contributed by atoms with Gasteiger partial charge in [-0.1, -0.05) is 159 Å². The molecule has 0 radical (unpaired) electrons. The maximum absolute atomic E-state index is 7.35. The zero-order chi connectivity index (χ0) is 41.8. The van der Waals surface area contributed by atoms with E-state index in [1.54, 1.807) is 0 Å². The summed E-state index contributed by atoms with van der Waals surface area (Å²) in [4.78, 5) is 0. The van der Waals surface area contributed by atoms with Gasteiger partial charge in [-0.3, -0.25) is 0 Å². The smallest absolute Gasteiger partial charge is 0.256 e. The lowest BCUT2D eigenvalue weighted by Gasteiger charge is -2.32. The molecule has 1 aliphatic rings. The fourth-order valence-corrected chi connectivity index (χ4v) is 12.9. The van der Waals surface area contributed by atoms with E-state index in [1.165, 1.54) is 0 Å². The predicted molar refractivity (Wildman–Crippen MR) is 262 cm³/mol. The monoisotopic (exact) mass is 852 g/mol. The van der Waals surface area contributed by atoms with Crippen LogP contribution in [0.25, 0.3) is 97.6 Å². The number of ether oxygens (including phenoxy) is 1. The zero-order valence-corrected chi connectivity index (χ0v) is 36.2. The highest BCUT2D eigenvalue weighted by Crippen LogP contribution is 2.60. The van der Waals surface area contributed by atoms with Crippen molar-refractivity contribution < 1.29 is 21.5 Å². The maximum atomic E-state index is 7.35. The van der Waals surface area contributed by atoms with Gasteiger partial charge in [0, 0.05) is 38.6 Å². The molecule has 7 heteroatoms. The second-order valence-electron chi connectivity index (χ2n) is 16.7. The highest BCUT2D eigenvalue weighted by molar-refractivity contribution is 7.46. The summed E-state index contributed by atoms with van der Waals surface area (Å²) in [6, 6.07) is 63.8. The summed E-state index contributed by atoms with van der Waals surface area (Å²) >= 11 is 0. The first-order valence-electron chi connectivity index (χ1n) is 21.4. The predicted octanol–water partition coefficient (Wildman–Crippen LogP) is 18.4. The number of para-hydroxylation sites is 2. The van der Waals surface area contributed by atoms with Crippen LogP contribution in [0.5, 0.6) is 11.5 Å². The Labute approximate surface area is 363 Å². The van der Waals surface area contributed by atoms with Gasteiger partial charge < -0.3 is 21.5 Å². The van der Waals surface area contributed by atoms with Crippen LogP contribution in [0.1, 0.15) is 30.9 Å². The molecule has 13 rings (SSSR count). The molecule has 0 spiro atoms. The van der Waals surface area contributed by atoms with Crippen molar-refractivity contribution in [2.45, 2.75) is 19.8 Å². The molecule has 10 aromatic carbocycles. The van der Waals surface area contributed by atoms with Crippen LogP contribution in [0, 0.1) is 5.92 Å². The number of fused-ring (bicyclic) bond motifs is 16. The van der Waals surface area contributed by atoms with Crippen LogP contribution in [-0.4, -0.2) is 0 Å². The Hall–Kier alpha value is -7.16. The lowest BCUT2D eigenvalue weighted by molar-refractivity contribution is 0.423. The second kappa shape index (κ2) is 14.2. The summed E-state index contributed by atoms with van der Waals surface area (Å²) in [5, 5.41) is 14.9. The molecule has 12 aromatic rings. The normalized spacial score (nSPS) is 12.8. The molecule has 0 aliphatic carbocycles. The molecule has 0 saturated carbocycles. The molecule has 302 valence electrons. The molecule has 5 nitrogen and oxygen atoms in total. The van der Waals surface area contributed by atoms with Gasteiger partial charge in [-0.25, -0.2) is 0 Å². The molecule has 63 heavy (non-hydrogen) atoms. The van der Waals surface area contributed by atoms with E-state index in [0.717, 1.165) is 120 Å². The molecule has 0 unspecified atom stereocenters. The third-order valence-electron chi connectivity index (χ3n) is 12.8. The minimum Gasteiger partial charge on any atom is -0.454 e. The molecular weight excluding hydrogens is 815 g/mol. The molecule has 0 saturated heterocycles. The summed E-state index contributed by atoms with van der Waals surface area (Å²) in [5.74, 6) is 1.78. The number of rotatable bonds is 3. The van der Waals surface area contributed by atoms with Crippen molar-refractivity contribution in [3.05, 3.63) is 193 Å². The summed E-state index contributed by atoms with van der Waals surface area (Å²) in [5.41, 5.74) is 5.34. The topological polar surface area (TPSA) is 61.8 Å². The Morgan fingerprint density at radius 2 is 0.667 bits per heavy atom. The SMILES string of the molecule is CC(C)C1c2cccc(-p3oc4ccc5ccccc5c4c4c(ccc5ccccc54)o3)c2Oc2c1cccc2-p1oc2ccc3ccccc3c2c2c(ccc3ccccc32)o1. The lowest BCUT2D eigenvalue weighted by atomic mass is 9.80. The van der Waals surface area contributed by atoms with E-state index in [0.29, 0.717) is 0 Å². The van der Waals surface area contributed by atoms with E-state index in [1.807, 2.05) is 0 Å². The molecule has 0 atom stereocenters. The Balaban J connectivity index is 1.08. The van der Waals surface area contributed by atoms with Crippen molar-refractivity contribution >= 4 is 103 Å². The molecule has 2 aromatic heterocycles. The third-order valence-corrected chi connectivity index (χ3v) is 15.7. The van der Waals surface area contributed by atoms with Gasteiger partial charge in [-0.15, -0.1) is 0 Å². The first-order chi connectivity index (χ1) is 31.1. The lowest BCUT2D eigenvalue weighted by Crippen LogP contribution is -2.15. The van der Waals surface area contributed by atoms with Gasteiger partial charge in [-0.2, -0.15) is 0 Å². The van der Waals surface area contributed by atoms with Crippen LogP contribution < -0.4 is 4.74 Å². The fourth-order valence-electron chi connectivity index (χ4n) is 10.0. The number of benzene rings is 10. The van der Waals surface area contributed by atoms with Gasteiger partial charge in [0.2, 0.25) is 0 Å². The minimum absolute atomic E-state index is 0.0209. The second-order valence-corrected chi connectivity index (χ2v) is 19.5. The minimum atomic E-state index is -1.73. The van der Waals surface area contributed by atoms with Crippen molar-refractivity contribution in [2.75, 3.05) is 0 Å². The average Bonchev–Trinajstić information content (AvgIpc) is 3.61. The maximum Gasteiger partial charge on any atom is 0.256 e. The molecule has 1 aliphatic heterocycles.